The van der Waals surface area contributed by atoms with Crippen molar-refractivity contribution in [3.05, 3.63) is 48.2 Å². The van der Waals surface area contributed by atoms with E-state index < -0.39 is 0 Å². The van der Waals surface area contributed by atoms with Crippen LogP contribution in [-0.4, -0.2) is 39.0 Å². The van der Waals surface area contributed by atoms with Crippen LogP contribution in [0.3, 0.4) is 0 Å². The lowest BCUT2D eigenvalue weighted by Gasteiger charge is -2.33. The minimum atomic E-state index is -0.246. The average molecular weight is 341 g/mol. The lowest BCUT2D eigenvalue weighted by atomic mass is 10.1. The number of hydrogen-bond donors (Lipinski definition) is 0. The Labute approximate surface area is 145 Å². The van der Waals surface area contributed by atoms with Gasteiger partial charge in [0, 0.05) is 25.9 Å². The van der Waals surface area contributed by atoms with E-state index in [1.807, 2.05) is 0 Å². The number of piperidine rings is 1. The van der Waals surface area contributed by atoms with Crippen LogP contribution in [0.1, 0.15) is 25.5 Å². The molecule has 3 heterocycles. The van der Waals surface area contributed by atoms with Crippen LogP contribution in [0.15, 0.2) is 36.7 Å². The second kappa shape index (κ2) is 6.66. The van der Waals surface area contributed by atoms with E-state index in [1.165, 1.54) is 12.1 Å². The predicted molar refractivity (Wildman–Crippen MR) is 92.4 cm³/mol. The fraction of sp³-hybridized carbons (Fsp3) is 0.389. The highest BCUT2D eigenvalue weighted by Gasteiger charge is 2.23. The van der Waals surface area contributed by atoms with Gasteiger partial charge in [0.15, 0.2) is 0 Å². The van der Waals surface area contributed by atoms with Crippen LogP contribution >= 0.6 is 0 Å². The van der Waals surface area contributed by atoms with Crippen molar-refractivity contribution in [2.24, 2.45) is 0 Å². The monoisotopic (exact) mass is 341 g/mol. The fourth-order valence-corrected chi connectivity index (χ4v) is 3.19. The molecule has 4 rings (SSSR count). The van der Waals surface area contributed by atoms with Gasteiger partial charge in [-0.25, -0.2) is 4.39 Å². The number of halogens is 1. The Morgan fingerprint density at radius 2 is 1.96 bits per heavy atom. The molecule has 0 saturated carbocycles. The maximum Gasteiger partial charge on any atom is 0.200 e. The third-order valence-electron chi connectivity index (χ3n) is 4.56. The van der Waals surface area contributed by atoms with Crippen molar-refractivity contribution in [3.8, 4) is 5.75 Å². The number of rotatable bonds is 4. The van der Waals surface area contributed by atoms with Crippen LogP contribution < -0.4 is 9.64 Å². The van der Waals surface area contributed by atoms with Gasteiger partial charge in [0.05, 0.1) is 11.4 Å². The first-order valence-corrected chi connectivity index (χ1v) is 8.60. The number of anilines is 1. The Bertz CT molecular complexity index is 856. The summed E-state index contributed by atoms with van der Waals surface area (Å²) in [6, 6.07) is 8.31. The highest BCUT2D eigenvalue weighted by atomic mass is 19.1. The lowest BCUT2D eigenvalue weighted by Crippen LogP contribution is -2.38. The molecule has 0 aliphatic carbocycles. The van der Waals surface area contributed by atoms with E-state index in [2.05, 4.69) is 33.2 Å². The average Bonchev–Trinajstić information content (AvgIpc) is 3.12. The summed E-state index contributed by atoms with van der Waals surface area (Å²) < 4.78 is 20.7. The van der Waals surface area contributed by atoms with Crippen LogP contribution in [0, 0.1) is 5.82 Å². The molecule has 1 fully saturated rings. The number of benzene rings is 1. The zero-order valence-corrected chi connectivity index (χ0v) is 14.1. The summed E-state index contributed by atoms with van der Waals surface area (Å²) >= 11 is 0. The van der Waals surface area contributed by atoms with Gasteiger partial charge in [-0.15, -0.1) is 10.2 Å². The second-order valence-corrected chi connectivity index (χ2v) is 6.23. The molecule has 7 heteroatoms. The van der Waals surface area contributed by atoms with Gasteiger partial charge in [0.1, 0.15) is 24.0 Å². The molecule has 25 heavy (non-hydrogen) atoms. The number of fused-ring (bicyclic) bond motifs is 1. The largest absolute Gasteiger partial charge is 0.490 e. The molecule has 6 nitrogen and oxygen atoms in total. The molecular weight excluding hydrogens is 321 g/mol. The third kappa shape index (κ3) is 3.26. The van der Waals surface area contributed by atoms with Crippen molar-refractivity contribution in [2.45, 2.75) is 32.3 Å². The van der Waals surface area contributed by atoms with Gasteiger partial charge in [-0.2, -0.15) is 9.61 Å². The SMILES string of the molecule is CCc1cc(N2CCC(Oc3ccc(F)cc3)CC2)c2nncn2n1. The first-order valence-electron chi connectivity index (χ1n) is 8.60. The summed E-state index contributed by atoms with van der Waals surface area (Å²) in [7, 11) is 0. The first kappa shape index (κ1) is 15.8. The van der Waals surface area contributed by atoms with E-state index in [9.17, 15) is 4.39 Å². The summed E-state index contributed by atoms with van der Waals surface area (Å²) in [6.07, 6.45) is 4.46. The molecule has 1 aromatic carbocycles. The minimum absolute atomic E-state index is 0.142. The van der Waals surface area contributed by atoms with Gasteiger partial charge in [-0.1, -0.05) is 6.92 Å². The van der Waals surface area contributed by atoms with Crippen molar-refractivity contribution in [3.63, 3.8) is 0 Å². The van der Waals surface area contributed by atoms with Gasteiger partial charge in [-0.3, -0.25) is 0 Å². The Balaban J connectivity index is 1.46. The van der Waals surface area contributed by atoms with Crippen LogP contribution in [0.2, 0.25) is 0 Å². The van der Waals surface area contributed by atoms with Gasteiger partial charge in [0.25, 0.3) is 0 Å². The third-order valence-corrected chi connectivity index (χ3v) is 4.56. The van der Waals surface area contributed by atoms with Gasteiger partial charge in [-0.05, 0) is 36.8 Å². The molecule has 0 N–H and O–H groups in total. The molecule has 130 valence electrons. The van der Waals surface area contributed by atoms with Crippen molar-refractivity contribution >= 4 is 11.3 Å². The lowest BCUT2D eigenvalue weighted by molar-refractivity contribution is 0.171. The smallest absolute Gasteiger partial charge is 0.200 e. The molecule has 2 aromatic heterocycles. The van der Waals surface area contributed by atoms with Crippen molar-refractivity contribution in [1.82, 2.24) is 19.8 Å². The topological polar surface area (TPSA) is 55.5 Å². The zero-order chi connectivity index (χ0) is 17.2. The Morgan fingerprint density at radius 1 is 1.20 bits per heavy atom. The van der Waals surface area contributed by atoms with E-state index in [-0.39, 0.29) is 11.9 Å². The van der Waals surface area contributed by atoms with E-state index in [4.69, 9.17) is 4.74 Å². The molecular formula is C18H20FN5O. The van der Waals surface area contributed by atoms with Crippen LogP contribution in [0.25, 0.3) is 5.65 Å². The summed E-state index contributed by atoms with van der Waals surface area (Å²) in [5.74, 6) is 0.473. The maximum absolute atomic E-state index is 13.0. The van der Waals surface area contributed by atoms with Gasteiger partial charge < -0.3 is 9.64 Å². The quantitative estimate of drug-likeness (QED) is 0.730. The number of ether oxygens (including phenoxy) is 1. The molecule has 1 saturated heterocycles. The fourth-order valence-electron chi connectivity index (χ4n) is 3.19. The maximum atomic E-state index is 13.0. The molecule has 0 atom stereocenters. The number of aromatic nitrogens is 4. The highest BCUT2D eigenvalue weighted by Crippen LogP contribution is 2.26. The van der Waals surface area contributed by atoms with Gasteiger partial charge in [0.2, 0.25) is 5.65 Å². The summed E-state index contributed by atoms with van der Waals surface area (Å²) in [5.41, 5.74) is 2.88. The Hall–Kier alpha value is -2.70. The van der Waals surface area contributed by atoms with Crippen LogP contribution in [0.4, 0.5) is 10.1 Å². The molecule has 1 aliphatic heterocycles. The molecule has 1 aliphatic rings. The Morgan fingerprint density at radius 3 is 2.68 bits per heavy atom. The molecule has 0 bridgehead atoms. The highest BCUT2D eigenvalue weighted by molar-refractivity contribution is 5.68. The normalized spacial score (nSPS) is 15.7. The molecule has 0 unspecified atom stereocenters. The van der Waals surface area contributed by atoms with Gasteiger partial charge >= 0.3 is 0 Å². The predicted octanol–water partition coefficient (Wildman–Crippen LogP) is 2.87. The molecule has 0 amide bonds. The number of nitrogens with zero attached hydrogens (tertiary/aromatic N) is 5. The van der Waals surface area contributed by atoms with E-state index in [1.54, 1.807) is 23.0 Å². The van der Waals surface area contributed by atoms with E-state index in [0.29, 0.717) is 0 Å². The van der Waals surface area contributed by atoms with Crippen LogP contribution in [0.5, 0.6) is 5.75 Å². The molecule has 3 aromatic rings. The first-order chi connectivity index (χ1) is 12.2. The number of aryl methyl sites for hydroxylation is 1. The summed E-state index contributed by atoms with van der Waals surface area (Å²) in [5, 5.41) is 12.7. The van der Waals surface area contributed by atoms with Crippen molar-refractivity contribution in [1.29, 1.82) is 0 Å². The summed E-state index contributed by atoms with van der Waals surface area (Å²) in [4.78, 5) is 2.31. The second-order valence-electron chi connectivity index (χ2n) is 6.23. The summed E-state index contributed by atoms with van der Waals surface area (Å²) in [6.45, 7) is 3.84. The van der Waals surface area contributed by atoms with Crippen molar-refractivity contribution in [2.75, 3.05) is 18.0 Å². The van der Waals surface area contributed by atoms with E-state index >= 15 is 0 Å². The minimum Gasteiger partial charge on any atom is -0.490 e. The van der Waals surface area contributed by atoms with Crippen molar-refractivity contribution < 1.29 is 9.13 Å². The number of hydrogen-bond acceptors (Lipinski definition) is 5. The van der Waals surface area contributed by atoms with Crippen LogP contribution in [-0.2, 0) is 6.42 Å². The standard InChI is InChI=1S/C18H20FN5O/c1-2-14-11-17(18-21-20-12-24(18)22-14)23-9-7-16(8-10-23)25-15-5-3-13(19)4-6-15/h3-6,11-12,16H,2,7-10H2,1H3. The molecule has 0 spiro atoms. The zero-order valence-electron chi connectivity index (χ0n) is 14.1. The van der Waals surface area contributed by atoms with E-state index in [0.717, 1.165) is 55.1 Å². The molecule has 0 radical (unpaired) electrons. The Kier molecular flexibility index (Phi) is 4.21.